The van der Waals surface area contributed by atoms with Gasteiger partial charge < -0.3 is 9.32 Å². The van der Waals surface area contributed by atoms with Crippen LogP contribution in [-0.4, -0.2) is 33.3 Å². The Hall–Kier alpha value is -3.34. The monoisotopic (exact) mass is 336 g/mol. The van der Waals surface area contributed by atoms with Gasteiger partial charge in [-0.3, -0.25) is 0 Å². The minimum Gasteiger partial charge on any atom is -0.420 e. The number of hydrogen-bond acceptors (Lipinski definition) is 7. The highest BCUT2D eigenvalue weighted by molar-refractivity contribution is 5.53. The number of aromatic nitrogens is 4. The van der Waals surface area contributed by atoms with Crippen molar-refractivity contribution in [3.05, 3.63) is 54.1 Å². The molecule has 1 aliphatic heterocycles. The van der Waals surface area contributed by atoms with E-state index in [1.165, 1.54) is 12.1 Å². The summed E-state index contributed by atoms with van der Waals surface area (Å²) in [7, 11) is 0. The van der Waals surface area contributed by atoms with Gasteiger partial charge >= 0.3 is 0 Å². The summed E-state index contributed by atoms with van der Waals surface area (Å²) in [4.78, 5) is 10.1. The minimum atomic E-state index is -0.352. The molecule has 7 nitrogen and oxygen atoms in total. The molecule has 0 amide bonds. The number of rotatable bonds is 3. The lowest BCUT2D eigenvalue weighted by atomic mass is 9.82. The highest BCUT2D eigenvalue weighted by Crippen LogP contribution is 2.36. The average molecular weight is 336 g/mol. The predicted molar refractivity (Wildman–Crippen MR) is 86.0 cm³/mol. The lowest BCUT2D eigenvalue weighted by molar-refractivity contribution is 0.283. The zero-order valence-electron chi connectivity index (χ0n) is 13.3. The van der Waals surface area contributed by atoms with E-state index >= 15 is 0 Å². The summed E-state index contributed by atoms with van der Waals surface area (Å²) in [6.45, 7) is 3.26. The summed E-state index contributed by atoms with van der Waals surface area (Å²) >= 11 is 0. The molecule has 1 saturated heterocycles. The molecule has 0 radical (unpaired) electrons. The Morgan fingerprint density at radius 3 is 2.88 bits per heavy atom. The summed E-state index contributed by atoms with van der Waals surface area (Å²) < 4.78 is 19.1. The Labute approximate surface area is 142 Å². The van der Waals surface area contributed by atoms with Gasteiger partial charge in [0.25, 0.3) is 0 Å². The molecule has 0 spiro atoms. The van der Waals surface area contributed by atoms with Crippen LogP contribution in [0.25, 0.3) is 11.5 Å². The van der Waals surface area contributed by atoms with E-state index in [0.717, 1.165) is 0 Å². The van der Waals surface area contributed by atoms with Crippen molar-refractivity contribution in [2.75, 3.05) is 18.0 Å². The van der Waals surface area contributed by atoms with Gasteiger partial charge in [-0.2, -0.15) is 5.26 Å². The smallest absolute Gasteiger partial charge is 0.247 e. The standard InChI is InChI=1S/C17H13FN6O/c1-17(9-24(10-17)14-5-6-20-13(8-19)21-14)16-23-22-15(25-16)11-3-2-4-12(18)7-11/h2-7H,9-10H2,1H3. The van der Waals surface area contributed by atoms with Gasteiger partial charge in [-0.05, 0) is 31.2 Å². The minimum absolute atomic E-state index is 0.136. The first-order valence-corrected chi connectivity index (χ1v) is 7.65. The molecule has 3 aromatic rings. The normalized spacial score (nSPS) is 15.5. The molecule has 4 rings (SSSR count). The van der Waals surface area contributed by atoms with Crippen LogP contribution in [0.5, 0.6) is 0 Å². The third-order valence-electron chi connectivity index (χ3n) is 4.16. The summed E-state index contributed by atoms with van der Waals surface area (Å²) in [5, 5.41) is 17.0. The number of anilines is 1. The highest BCUT2D eigenvalue weighted by atomic mass is 19.1. The summed E-state index contributed by atoms with van der Waals surface area (Å²) in [5.74, 6) is 1.27. The molecule has 8 heteroatoms. The Morgan fingerprint density at radius 2 is 2.12 bits per heavy atom. The van der Waals surface area contributed by atoms with Gasteiger partial charge in [-0.25, -0.2) is 14.4 Å². The molecule has 3 heterocycles. The van der Waals surface area contributed by atoms with Gasteiger partial charge in [0.1, 0.15) is 17.7 Å². The maximum atomic E-state index is 13.3. The van der Waals surface area contributed by atoms with Crippen molar-refractivity contribution >= 4 is 5.82 Å². The van der Waals surface area contributed by atoms with E-state index in [1.54, 1.807) is 24.4 Å². The largest absolute Gasteiger partial charge is 0.420 e. The van der Waals surface area contributed by atoms with Crippen molar-refractivity contribution in [3.63, 3.8) is 0 Å². The molecule has 124 valence electrons. The van der Waals surface area contributed by atoms with Crippen LogP contribution in [0.15, 0.2) is 40.9 Å². The Kier molecular flexibility index (Phi) is 3.42. The van der Waals surface area contributed by atoms with Gasteiger partial charge in [-0.15, -0.1) is 10.2 Å². The second-order valence-corrected chi connectivity index (χ2v) is 6.19. The molecule has 0 bridgehead atoms. The third-order valence-corrected chi connectivity index (χ3v) is 4.16. The van der Waals surface area contributed by atoms with Crippen LogP contribution in [0.3, 0.4) is 0 Å². The Bertz CT molecular complexity index is 973. The molecule has 0 unspecified atom stereocenters. The molecule has 2 aromatic heterocycles. The second-order valence-electron chi connectivity index (χ2n) is 6.19. The van der Waals surface area contributed by atoms with Gasteiger partial charge in [0, 0.05) is 24.8 Å². The van der Waals surface area contributed by atoms with Crippen LogP contribution in [0, 0.1) is 17.1 Å². The van der Waals surface area contributed by atoms with Crippen LogP contribution in [0.1, 0.15) is 18.6 Å². The fourth-order valence-electron chi connectivity index (χ4n) is 2.88. The number of nitrogens with zero attached hydrogens (tertiary/aromatic N) is 6. The van der Waals surface area contributed by atoms with Crippen LogP contribution < -0.4 is 4.90 Å². The van der Waals surface area contributed by atoms with E-state index in [1.807, 2.05) is 17.9 Å². The maximum absolute atomic E-state index is 13.3. The van der Waals surface area contributed by atoms with Gasteiger partial charge in [-0.1, -0.05) is 6.07 Å². The number of nitriles is 1. The zero-order valence-corrected chi connectivity index (χ0v) is 13.3. The molecule has 0 saturated carbocycles. The lowest BCUT2D eigenvalue weighted by Crippen LogP contribution is -2.58. The first-order valence-electron chi connectivity index (χ1n) is 7.65. The zero-order chi connectivity index (χ0) is 17.4. The van der Waals surface area contributed by atoms with Crippen molar-refractivity contribution in [1.29, 1.82) is 5.26 Å². The summed E-state index contributed by atoms with van der Waals surface area (Å²) in [5.41, 5.74) is 0.226. The van der Waals surface area contributed by atoms with Gasteiger partial charge in [0.15, 0.2) is 0 Å². The topological polar surface area (TPSA) is 91.7 Å². The molecular weight excluding hydrogens is 323 g/mol. The SMILES string of the molecule is CC1(c2nnc(-c3cccc(F)c3)o2)CN(c2ccnc(C#N)n2)C1. The molecular formula is C17H13FN6O. The van der Waals surface area contributed by atoms with E-state index < -0.39 is 0 Å². The van der Waals surface area contributed by atoms with E-state index in [2.05, 4.69) is 20.2 Å². The molecule has 1 aromatic carbocycles. The molecule has 1 aliphatic rings. The molecule has 25 heavy (non-hydrogen) atoms. The third kappa shape index (κ3) is 2.70. The first-order chi connectivity index (χ1) is 12.1. The summed E-state index contributed by atoms with van der Waals surface area (Å²) in [6.07, 6.45) is 1.56. The van der Waals surface area contributed by atoms with Crippen molar-refractivity contribution in [2.45, 2.75) is 12.3 Å². The Morgan fingerprint density at radius 1 is 1.28 bits per heavy atom. The van der Waals surface area contributed by atoms with E-state index in [-0.39, 0.29) is 17.1 Å². The molecule has 0 N–H and O–H groups in total. The van der Waals surface area contributed by atoms with Crippen LogP contribution in [0.4, 0.5) is 10.2 Å². The summed E-state index contributed by atoms with van der Waals surface area (Å²) in [6, 6.07) is 9.73. The second kappa shape index (κ2) is 5.63. The van der Waals surface area contributed by atoms with Crippen LogP contribution >= 0.6 is 0 Å². The van der Waals surface area contributed by atoms with Crippen molar-refractivity contribution in [1.82, 2.24) is 20.2 Å². The average Bonchev–Trinajstić information content (AvgIpc) is 3.09. The van der Waals surface area contributed by atoms with Gasteiger partial charge in [0.05, 0.1) is 5.41 Å². The Balaban J connectivity index is 1.53. The molecule has 1 fully saturated rings. The number of hydrogen-bond donors (Lipinski definition) is 0. The lowest BCUT2D eigenvalue weighted by Gasteiger charge is -2.46. The quantitative estimate of drug-likeness (QED) is 0.724. The van der Waals surface area contributed by atoms with Crippen molar-refractivity contribution in [3.8, 4) is 17.5 Å². The molecule has 0 atom stereocenters. The maximum Gasteiger partial charge on any atom is 0.247 e. The van der Waals surface area contributed by atoms with Crippen LogP contribution in [0.2, 0.25) is 0 Å². The first kappa shape index (κ1) is 15.2. The van der Waals surface area contributed by atoms with Crippen LogP contribution in [-0.2, 0) is 5.41 Å². The van der Waals surface area contributed by atoms with Crippen molar-refractivity contribution in [2.24, 2.45) is 0 Å². The number of halogens is 1. The molecule has 0 aliphatic carbocycles. The van der Waals surface area contributed by atoms with Crippen molar-refractivity contribution < 1.29 is 8.81 Å². The highest BCUT2D eigenvalue weighted by Gasteiger charge is 2.45. The predicted octanol–water partition coefficient (Wildman–Crippen LogP) is 2.32. The van der Waals surface area contributed by atoms with E-state index in [9.17, 15) is 4.39 Å². The van der Waals surface area contributed by atoms with Gasteiger partial charge in [0.2, 0.25) is 17.6 Å². The fourth-order valence-corrected chi connectivity index (χ4v) is 2.88. The number of benzene rings is 1. The fraction of sp³-hybridized carbons (Fsp3) is 0.235. The van der Waals surface area contributed by atoms with E-state index in [4.69, 9.17) is 9.68 Å². The van der Waals surface area contributed by atoms with E-state index in [0.29, 0.717) is 36.3 Å².